The van der Waals surface area contributed by atoms with Gasteiger partial charge in [-0.25, -0.2) is 4.79 Å². The van der Waals surface area contributed by atoms with Crippen molar-refractivity contribution in [3.8, 4) is 0 Å². The van der Waals surface area contributed by atoms with Gasteiger partial charge in [0.1, 0.15) is 11.7 Å². The van der Waals surface area contributed by atoms with Crippen molar-refractivity contribution in [3.63, 3.8) is 0 Å². The largest absolute Gasteiger partial charge is 0.464 e. The number of Topliss-reactive ketones (excluding diaryl/α,β-unsaturated/α-hetero) is 2. The van der Waals surface area contributed by atoms with Crippen molar-refractivity contribution in [1.29, 1.82) is 0 Å². The molecule has 1 saturated heterocycles. The fourth-order valence-electron chi connectivity index (χ4n) is 6.74. The summed E-state index contributed by atoms with van der Waals surface area (Å²) in [4.78, 5) is 67.3. The molecule has 1 spiro atoms. The first-order valence-electron chi connectivity index (χ1n) is 11.1. The van der Waals surface area contributed by atoms with Crippen LogP contribution >= 0.6 is 15.9 Å². The third-order valence-electron chi connectivity index (χ3n) is 7.94. The number of ether oxygens (including phenoxy) is 1. The summed E-state index contributed by atoms with van der Waals surface area (Å²) in [7, 11) is 0. The lowest BCUT2D eigenvalue weighted by atomic mass is 9.40. The Morgan fingerprint density at radius 3 is 2.41 bits per heavy atom. The van der Waals surface area contributed by atoms with E-state index in [1.54, 1.807) is 11.8 Å². The van der Waals surface area contributed by atoms with E-state index in [1.165, 1.54) is 12.2 Å². The first kappa shape index (κ1) is 20.0. The van der Waals surface area contributed by atoms with Crippen LogP contribution in [0.25, 0.3) is 0 Å². The number of ketones is 4. The number of carbonyl (C=O) groups excluding carboxylic acids is 5. The lowest BCUT2D eigenvalue weighted by molar-refractivity contribution is -0.143. The molecular formula is C26H16BrNO6. The van der Waals surface area contributed by atoms with Crippen LogP contribution in [0.15, 0.2) is 68.9 Å². The van der Waals surface area contributed by atoms with E-state index >= 15 is 0 Å². The topological polar surface area (TPSA) is 97.6 Å². The molecule has 5 aliphatic carbocycles. The smallest absolute Gasteiger partial charge is 0.330 e. The average Bonchev–Trinajstić information content (AvgIpc) is 3.53. The average molecular weight is 518 g/mol. The van der Waals surface area contributed by atoms with Crippen molar-refractivity contribution >= 4 is 45.0 Å². The standard InChI is InChI=1S/C26H16BrNO6/c1-2-34-25(33)12-9-28(12)22-21(27)24(32)20-17(23(22)31)19-16-14(30)8-7-13(29)15(16)18-10-5-3-4-6-11(10)26(18,19)20/h3-8,12,18-19H,2,9H2,1H3. The quantitative estimate of drug-likeness (QED) is 0.343. The summed E-state index contributed by atoms with van der Waals surface area (Å²) in [6.07, 6.45) is 2.54. The van der Waals surface area contributed by atoms with Gasteiger partial charge in [-0.15, -0.1) is 0 Å². The van der Waals surface area contributed by atoms with E-state index in [0.717, 1.165) is 11.1 Å². The SMILES string of the molecule is CCOC(=O)C1CN1C1=C(Br)C(=O)C2=C(C1=O)C1C3=C(C(=O)C=CC3=O)C3c4ccccc4C213. The molecule has 1 fully saturated rings. The Labute approximate surface area is 201 Å². The zero-order valence-electron chi connectivity index (χ0n) is 17.9. The van der Waals surface area contributed by atoms with E-state index in [4.69, 9.17) is 4.74 Å². The molecule has 7 nitrogen and oxygen atoms in total. The van der Waals surface area contributed by atoms with Gasteiger partial charge in [0, 0.05) is 39.5 Å². The first-order valence-corrected chi connectivity index (χ1v) is 11.9. The maximum Gasteiger partial charge on any atom is 0.330 e. The van der Waals surface area contributed by atoms with E-state index in [2.05, 4.69) is 15.9 Å². The third kappa shape index (κ3) is 1.96. The van der Waals surface area contributed by atoms with E-state index in [1.807, 2.05) is 24.3 Å². The van der Waals surface area contributed by atoms with Gasteiger partial charge in [0.15, 0.2) is 17.3 Å². The molecule has 0 bridgehead atoms. The van der Waals surface area contributed by atoms with E-state index in [0.29, 0.717) is 16.7 Å². The van der Waals surface area contributed by atoms with Crippen LogP contribution in [0.5, 0.6) is 0 Å². The number of halogens is 1. The molecule has 168 valence electrons. The second-order valence-electron chi connectivity index (χ2n) is 9.24. The Bertz CT molecular complexity index is 1480. The van der Waals surface area contributed by atoms with Gasteiger partial charge in [-0.2, -0.15) is 0 Å². The predicted molar refractivity (Wildman–Crippen MR) is 121 cm³/mol. The number of esters is 1. The van der Waals surface area contributed by atoms with Crippen LogP contribution in [0, 0.1) is 5.92 Å². The molecule has 1 heterocycles. The highest BCUT2D eigenvalue weighted by Crippen LogP contribution is 2.77. The van der Waals surface area contributed by atoms with Crippen LogP contribution in [0.2, 0.25) is 0 Å². The predicted octanol–water partition coefficient (Wildman–Crippen LogP) is 1.97. The van der Waals surface area contributed by atoms with Gasteiger partial charge >= 0.3 is 5.97 Å². The molecular weight excluding hydrogens is 502 g/mol. The molecule has 0 saturated carbocycles. The highest BCUT2D eigenvalue weighted by molar-refractivity contribution is 9.12. The lowest BCUT2D eigenvalue weighted by Gasteiger charge is -2.60. The van der Waals surface area contributed by atoms with Crippen molar-refractivity contribution in [1.82, 2.24) is 4.90 Å². The van der Waals surface area contributed by atoms with E-state index < -0.39 is 29.3 Å². The number of nitrogens with zero attached hydrogens (tertiary/aromatic N) is 1. The molecule has 0 amide bonds. The maximum absolute atomic E-state index is 13.8. The van der Waals surface area contributed by atoms with Crippen LogP contribution in [0.3, 0.4) is 0 Å². The highest BCUT2D eigenvalue weighted by atomic mass is 79.9. The number of benzene rings is 1. The van der Waals surface area contributed by atoms with Gasteiger partial charge in [-0.3, -0.25) is 19.2 Å². The van der Waals surface area contributed by atoms with Crippen molar-refractivity contribution in [2.45, 2.75) is 24.3 Å². The molecule has 4 unspecified atom stereocenters. The molecule has 1 aromatic rings. The van der Waals surface area contributed by atoms with Crippen molar-refractivity contribution in [3.05, 3.63) is 80.0 Å². The van der Waals surface area contributed by atoms with Crippen molar-refractivity contribution < 1.29 is 28.7 Å². The second-order valence-corrected chi connectivity index (χ2v) is 10.0. The van der Waals surface area contributed by atoms with Gasteiger partial charge in [-0.05, 0) is 46.1 Å². The van der Waals surface area contributed by atoms with Crippen LogP contribution in [-0.2, 0) is 34.1 Å². The summed E-state index contributed by atoms with van der Waals surface area (Å²) in [6.45, 7) is 2.20. The van der Waals surface area contributed by atoms with Gasteiger partial charge in [0.05, 0.1) is 17.6 Å². The van der Waals surface area contributed by atoms with Gasteiger partial charge < -0.3 is 9.64 Å². The van der Waals surface area contributed by atoms with Crippen molar-refractivity contribution in [2.24, 2.45) is 5.92 Å². The molecule has 4 atom stereocenters. The minimum Gasteiger partial charge on any atom is -0.464 e. The molecule has 0 N–H and O–H groups in total. The number of fused-ring (bicyclic) bond motifs is 5. The number of hydrogen-bond donors (Lipinski definition) is 0. The zero-order chi connectivity index (χ0) is 23.7. The van der Waals surface area contributed by atoms with Gasteiger partial charge in [0.25, 0.3) is 0 Å². The fraction of sp³-hybridized carbons (Fsp3) is 0.269. The monoisotopic (exact) mass is 517 g/mol. The third-order valence-corrected chi connectivity index (χ3v) is 8.67. The zero-order valence-corrected chi connectivity index (χ0v) is 19.5. The molecule has 1 aliphatic heterocycles. The Morgan fingerprint density at radius 1 is 1.03 bits per heavy atom. The molecule has 8 heteroatoms. The van der Waals surface area contributed by atoms with Crippen LogP contribution in [-0.4, -0.2) is 53.2 Å². The number of hydrogen-bond acceptors (Lipinski definition) is 7. The van der Waals surface area contributed by atoms with Crippen LogP contribution < -0.4 is 0 Å². The Hall–Kier alpha value is -3.39. The summed E-state index contributed by atoms with van der Waals surface area (Å²) >= 11 is 3.35. The van der Waals surface area contributed by atoms with Crippen LogP contribution in [0.1, 0.15) is 24.0 Å². The summed E-state index contributed by atoms with van der Waals surface area (Å²) in [5, 5.41) is 0. The first-order chi connectivity index (χ1) is 16.4. The van der Waals surface area contributed by atoms with Crippen molar-refractivity contribution in [2.75, 3.05) is 13.2 Å². The van der Waals surface area contributed by atoms with Gasteiger partial charge in [-0.1, -0.05) is 24.3 Å². The Morgan fingerprint density at radius 2 is 1.71 bits per heavy atom. The number of carbonyl (C=O) groups is 5. The maximum atomic E-state index is 13.8. The molecule has 0 aromatic heterocycles. The molecule has 34 heavy (non-hydrogen) atoms. The summed E-state index contributed by atoms with van der Waals surface area (Å²) < 4.78 is 5.18. The van der Waals surface area contributed by atoms with E-state index in [-0.39, 0.29) is 52.0 Å². The second kappa shape index (κ2) is 6.18. The Balaban J connectivity index is 1.39. The fourth-order valence-corrected chi connectivity index (χ4v) is 7.35. The summed E-state index contributed by atoms with van der Waals surface area (Å²) in [5.41, 5.74) is 2.44. The van der Waals surface area contributed by atoms with Gasteiger partial charge in [0.2, 0.25) is 5.78 Å². The number of allylic oxidation sites excluding steroid dienone is 7. The normalized spacial score (nSPS) is 32.1. The minimum absolute atomic E-state index is 0.111. The summed E-state index contributed by atoms with van der Waals surface area (Å²) in [6, 6.07) is 6.94. The highest BCUT2D eigenvalue weighted by Gasteiger charge is 2.76. The lowest BCUT2D eigenvalue weighted by Crippen LogP contribution is -2.60. The summed E-state index contributed by atoms with van der Waals surface area (Å²) in [5.74, 6) is -2.77. The van der Waals surface area contributed by atoms with E-state index in [9.17, 15) is 24.0 Å². The molecule has 0 radical (unpaired) electrons. The number of rotatable bonds is 3. The van der Waals surface area contributed by atoms with Crippen LogP contribution in [0.4, 0.5) is 0 Å². The minimum atomic E-state index is -0.870. The molecule has 6 aliphatic rings. The molecule has 7 rings (SSSR count). The molecule has 1 aromatic carbocycles. The Kier molecular flexibility index (Phi) is 3.64.